The normalized spacial score (nSPS) is 12.9. The number of anilines is 1. The van der Waals surface area contributed by atoms with Crippen LogP contribution in [0.15, 0.2) is 48.5 Å². The Kier molecular flexibility index (Phi) is 3.90. The van der Waals surface area contributed by atoms with E-state index in [1.165, 1.54) is 5.56 Å². The number of para-hydroxylation sites is 1. The molecular weight excluding hydrogens is 304 g/mol. The molecule has 3 rings (SSSR count). The van der Waals surface area contributed by atoms with Crippen molar-refractivity contribution in [3.63, 3.8) is 0 Å². The van der Waals surface area contributed by atoms with Gasteiger partial charge in [-0.2, -0.15) is 0 Å². The summed E-state index contributed by atoms with van der Waals surface area (Å²) in [5.74, 6) is -0.221. The molecule has 21 heavy (non-hydrogen) atoms. The average molecular weight is 317 g/mol. The molecule has 1 amide bonds. The van der Waals surface area contributed by atoms with Crippen LogP contribution in [0.4, 0.5) is 5.69 Å². The maximum absolute atomic E-state index is 12.2. The fraction of sp³-hybridized carbons (Fsp3) is 0.125. The maximum atomic E-state index is 12.2. The van der Waals surface area contributed by atoms with E-state index in [9.17, 15) is 4.79 Å². The van der Waals surface area contributed by atoms with Crippen molar-refractivity contribution >= 4 is 40.5 Å². The monoisotopic (exact) mass is 316 g/mol. The number of carbonyl (C=O) groups excluding carboxylic acids is 1. The van der Waals surface area contributed by atoms with Crippen LogP contribution in [0.2, 0.25) is 5.02 Å². The molecule has 0 unspecified atom stereocenters. The van der Waals surface area contributed by atoms with Crippen LogP contribution in [0, 0.1) is 0 Å². The van der Waals surface area contributed by atoms with Gasteiger partial charge in [-0.3, -0.25) is 10.1 Å². The highest BCUT2D eigenvalue weighted by atomic mass is 35.5. The predicted octanol–water partition coefficient (Wildman–Crippen LogP) is 3.42. The van der Waals surface area contributed by atoms with Crippen molar-refractivity contribution in [1.82, 2.24) is 5.32 Å². The Bertz CT molecular complexity index is 700. The molecule has 1 aliphatic rings. The van der Waals surface area contributed by atoms with Crippen molar-refractivity contribution in [1.29, 1.82) is 0 Å². The van der Waals surface area contributed by atoms with E-state index in [0.717, 1.165) is 18.7 Å². The molecule has 0 spiro atoms. The first kappa shape index (κ1) is 14.0. The summed E-state index contributed by atoms with van der Waals surface area (Å²) < 4.78 is 0. The number of hydrogen-bond donors (Lipinski definition) is 1. The fourth-order valence-electron chi connectivity index (χ4n) is 2.39. The van der Waals surface area contributed by atoms with Crippen molar-refractivity contribution in [2.75, 3.05) is 11.4 Å². The minimum absolute atomic E-state index is 0.221. The highest BCUT2D eigenvalue weighted by Gasteiger charge is 2.22. The molecular formula is C16H13ClN2OS. The van der Waals surface area contributed by atoms with Crippen molar-refractivity contribution in [2.45, 2.75) is 6.42 Å². The quantitative estimate of drug-likeness (QED) is 0.818. The van der Waals surface area contributed by atoms with Gasteiger partial charge in [0.05, 0.1) is 0 Å². The first-order valence-electron chi connectivity index (χ1n) is 6.61. The molecule has 2 aromatic carbocycles. The van der Waals surface area contributed by atoms with Gasteiger partial charge in [0.2, 0.25) is 0 Å². The number of nitrogens with one attached hydrogen (secondary N) is 1. The van der Waals surface area contributed by atoms with Crippen molar-refractivity contribution in [2.24, 2.45) is 0 Å². The smallest absolute Gasteiger partial charge is 0.257 e. The molecule has 0 fully saturated rings. The van der Waals surface area contributed by atoms with Gasteiger partial charge in [-0.15, -0.1) is 0 Å². The van der Waals surface area contributed by atoms with Gasteiger partial charge in [0.1, 0.15) is 0 Å². The van der Waals surface area contributed by atoms with Gasteiger partial charge in [-0.25, -0.2) is 0 Å². The van der Waals surface area contributed by atoms with Crippen LogP contribution in [0.1, 0.15) is 15.9 Å². The minimum atomic E-state index is -0.221. The standard InChI is InChI=1S/C16H13ClN2OS/c17-13-7-5-12(6-8-13)15(20)18-16(21)19-10-9-11-3-1-2-4-14(11)19/h1-8H,9-10H2,(H,18,20,21). The van der Waals surface area contributed by atoms with Crippen LogP contribution in [0.25, 0.3) is 0 Å². The summed E-state index contributed by atoms with van der Waals surface area (Å²) >= 11 is 11.2. The predicted molar refractivity (Wildman–Crippen MR) is 89.0 cm³/mol. The zero-order chi connectivity index (χ0) is 14.8. The van der Waals surface area contributed by atoms with Crippen LogP contribution in [0.5, 0.6) is 0 Å². The van der Waals surface area contributed by atoms with Gasteiger partial charge in [0, 0.05) is 22.8 Å². The second-order valence-corrected chi connectivity index (χ2v) is 5.62. The van der Waals surface area contributed by atoms with Crippen LogP contribution in [0.3, 0.4) is 0 Å². The summed E-state index contributed by atoms with van der Waals surface area (Å²) in [6.45, 7) is 0.791. The first-order valence-corrected chi connectivity index (χ1v) is 7.40. The lowest BCUT2D eigenvalue weighted by Gasteiger charge is -2.20. The zero-order valence-corrected chi connectivity index (χ0v) is 12.7. The Labute approximate surface area is 133 Å². The fourth-order valence-corrected chi connectivity index (χ4v) is 2.80. The van der Waals surface area contributed by atoms with E-state index in [-0.39, 0.29) is 5.91 Å². The summed E-state index contributed by atoms with van der Waals surface area (Å²) in [6.07, 6.45) is 0.938. The number of nitrogens with zero attached hydrogens (tertiary/aromatic N) is 1. The lowest BCUT2D eigenvalue weighted by Crippen LogP contribution is -2.41. The Morgan fingerprint density at radius 1 is 1.14 bits per heavy atom. The molecule has 0 saturated carbocycles. The number of hydrogen-bond acceptors (Lipinski definition) is 2. The summed E-state index contributed by atoms with van der Waals surface area (Å²) in [5, 5.41) is 3.80. The number of carbonyl (C=O) groups is 1. The van der Waals surface area contributed by atoms with E-state index < -0.39 is 0 Å². The van der Waals surface area contributed by atoms with Crippen LogP contribution < -0.4 is 10.2 Å². The molecule has 1 heterocycles. The minimum Gasteiger partial charge on any atom is -0.318 e. The highest BCUT2D eigenvalue weighted by Crippen LogP contribution is 2.27. The van der Waals surface area contributed by atoms with E-state index in [1.54, 1.807) is 24.3 Å². The number of fused-ring (bicyclic) bond motifs is 1. The first-order chi connectivity index (χ1) is 10.1. The number of thiocarbonyl (C=S) groups is 1. The molecule has 1 N–H and O–H groups in total. The number of halogens is 1. The molecule has 0 saturated heterocycles. The van der Waals surface area contributed by atoms with E-state index in [2.05, 4.69) is 11.4 Å². The Balaban J connectivity index is 1.73. The van der Waals surface area contributed by atoms with Gasteiger partial charge in [0.25, 0.3) is 5.91 Å². The Hall–Kier alpha value is -1.91. The Morgan fingerprint density at radius 2 is 1.86 bits per heavy atom. The molecule has 0 radical (unpaired) electrons. The van der Waals surface area contributed by atoms with E-state index >= 15 is 0 Å². The SMILES string of the molecule is O=C(NC(=S)N1CCc2ccccc21)c1ccc(Cl)cc1. The summed E-state index contributed by atoms with van der Waals surface area (Å²) in [6, 6.07) is 14.8. The van der Waals surface area contributed by atoms with Crippen molar-refractivity contribution in [3.05, 3.63) is 64.7 Å². The third-order valence-electron chi connectivity index (χ3n) is 3.46. The van der Waals surface area contributed by atoms with Gasteiger partial charge in [-0.05, 0) is 54.5 Å². The molecule has 0 aliphatic carbocycles. The molecule has 1 aliphatic heterocycles. The maximum Gasteiger partial charge on any atom is 0.257 e. The van der Waals surface area contributed by atoms with E-state index in [4.69, 9.17) is 23.8 Å². The summed E-state index contributed by atoms with van der Waals surface area (Å²) in [4.78, 5) is 14.1. The molecule has 0 atom stereocenters. The summed E-state index contributed by atoms with van der Waals surface area (Å²) in [5.41, 5.74) is 2.86. The van der Waals surface area contributed by atoms with Crippen LogP contribution >= 0.6 is 23.8 Å². The highest BCUT2D eigenvalue weighted by molar-refractivity contribution is 7.80. The van der Waals surface area contributed by atoms with Gasteiger partial charge in [0.15, 0.2) is 5.11 Å². The molecule has 5 heteroatoms. The number of benzene rings is 2. The lowest BCUT2D eigenvalue weighted by molar-refractivity contribution is 0.0977. The third kappa shape index (κ3) is 2.91. The average Bonchev–Trinajstić information content (AvgIpc) is 2.92. The second kappa shape index (κ2) is 5.84. The molecule has 2 aromatic rings. The zero-order valence-electron chi connectivity index (χ0n) is 11.2. The van der Waals surface area contributed by atoms with Crippen LogP contribution in [-0.4, -0.2) is 17.6 Å². The van der Waals surface area contributed by atoms with Gasteiger partial charge >= 0.3 is 0 Å². The van der Waals surface area contributed by atoms with Crippen molar-refractivity contribution in [3.8, 4) is 0 Å². The topological polar surface area (TPSA) is 32.3 Å². The molecule has 0 bridgehead atoms. The second-order valence-electron chi connectivity index (χ2n) is 4.80. The van der Waals surface area contributed by atoms with Crippen LogP contribution in [-0.2, 0) is 6.42 Å². The third-order valence-corrected chi connectivity index (χ3v) is 4.03. The number of amides is 1. The van der Waals surface area contributed by atoms with E-state index in [1.807, 2.05) is 23.1 Å². The largest absolute Gasteiger partial charge is 0.318 e. The summed E-state index contributed by atoms with van der Waals surface area (Å²) in [7, 11) is 0. The van der Waals surface area contributed by atoms with E-state index in [0.29, 0.717) is 15.7 Å². The molecule has 3 nitrogen and oxygen atoms in total. The van der Waals surface area contributed by atoms with Crippen molar-refractivity contribution < 1.29 is 4.79 Å². The van der Waals surface area contributed by atoms with Gasteiger partial charge in [-0.1, -0.05) is 29.8 Å². The Morgan fingerprint density at radius 3 is 2.62 bits per heavy atom. The number of rotatable bonds is 1. The molecule has 0 aromatic heterocycles. The lowest BCUT2D eigenvalue weighted by atomic mass is 10.2. The molecule has 106 valence electrons. The van der Waals surface area contributed by atoms with Gasteiger partial charge < -0.3 is 4.90 Å².